The normalized spacial score (nSPS) is 22.6. The second-order valence-electron chi connectivity index (χ2n) is 6.48. The van der Waals surface area contributed by atoms with E-state index in [1.165, 1.54) is 5.56 Å². The number of hydrogen-bond acceptors (Lipinski definition) is 6. The Balaban J connectivity index is 0.000000504. The molecule has 4 atom stereocenters. The van der Waals surface area contributed by atoms with Crippen LogP contribution in [-0.2, 0) is 15.0 Å². The summed E-state index contributed by atoms with van der Waals surface area (Å²) in [4.78, 5) is 19.5. The number of aliphatic hydroxyl groups excluding tert-OH is 3. The number of carboxylic acids is 2. The summed E-state index contributed by atoms with van der Waals surface area (Å²) in [6.07, 6.45) is -4.25. The predicted octanol–water partition coefficient (Wildman–Crippen LogP) is -0.456. The molecule has 1 aliphatic rings. The molecule has 0 saturated carbocycles. The summed E-state index contributed by atoms with van der Waals surface area (Å²) in [5, 5.41) is 42.4. The van der Waals surface area contributed by atoms with Crippen LogP contribution in [0.5, 0.6) is 0 Å². The number of carbonyl (C=O) groups is 2. The highest BCUT2D eigenvalue weighted by atomic mass is 79.9. The van der Waals surface area contributed by atoms with Crippen LogP contribution in [0.15, 0.2) is 22.7 Å². The van der Waals surface area contributed by atoms with Crippen molar-refractivity contribution >= 4 is 27.9 Å². The molecule has 10 heteroatoms. The molecule has 0 aromatic heterocycles. The largest absolute Gasteiger partial charge is 0.479 e. The number of benzene rings is 1. The van der Waals surface area contributed by atoms with Crippen molar-refractivity contribution in [2.75, 3.05) is 0 Å². The summed E-state index contributed by atoms with van der Waals surface area (Å²) < 4.78 is 1.02. The topological polar surface area (TPSA) is 193 Å². The van der Waals surface area contributed by atoms with E-state index in [4.69, 9.17) is 26.2 Å². The zero-order valence-corrected chi connectivity index (χ0v) is 15.8. The Hall–Kier alpha value is -1.56. The molecule has 2 rings (SSSR count). The first-order chi connectivity index (χ1) is 11.4. The first-order valence-corrected chi connectivity index (χ1v) is 8.23. The van der Waals surface area contributed by atoms with Gasteiger partial charge >= 0.3 is 11.9 Å². The summed E-state index contributed by atoms with van der Waals surface area (Å²) >= 11 is 3.44. The highest BCUT2D eigenvalue weighted by Gasteiger charge is 2.36. The molecule has 1 aliphatic carbocycles. The Morgan fingerprint density at radius 1 is 1.19 bits per heavy atom. The maximum atomic E-state index is 9.91. The summed E-state index contributed by atoms with van der Waals surface area (Å²) in [5.74, 6) is -3.54. The molecular formula is C16H24BrNO8. The molecule has 0 radical (unpaired) electrons. The van der Waals surface area contributed by atoms with Gasteiger partial charge in [-0.15, -0.1) is 0 Å². The molecule has 0 heterocycles. The number of nitrogens with two attached hydrogens (primary N) is 1. The highest BCUT2D eigenvalue weighted by molar-refractivity contribution is 9.10. The van der Waals surface area contributed by atoms with Crippen molar-refractivity contribution in [1.29, 1.82) is 0 Å². The third-order valence-electron chi connectivity index (χ3n) is 4.04. The smallest absolute Gasteiger partial charge is 0.335 e. The lowest BCUT2D eigenvalue weighted by atomic mass is 9.70. The van der Waals surface area contributed by atoms with Gasteiger partial charge < -0.3 is 36.7 Å². The predicted molar refractivity (Wildman–Crippen MR) is 95.6 cm³/mol. The van der Waals surface area contributed by atoms with Gasteiger partial charge in [0, 0.05) is 4.47 Å². The third kappa shape index (κ3) is 5.73. The van der Waals surface area contributed by atoms with Gasteiger partial charge in [-0.25, -0.2) is 9.59 Å². The van der Waals surface area contributed by atoms with Crippen molar-refractivity contribution in [1.82, 2.24) is 0 Å². The van der Waals surface area contributed by atoms with Crippen LogP contribution >= 0.6 is 15.9 Å². The fraction of sp³-hybridized carbons (Fsp3) is 0.500. The van der Waals surface area contributed by atoms with E-state index in [1.54, 1.807) is 0 Å². The van der Waals surface area contributed by atoms with Crippen molar-refractivity contribution in [3.8, 4) is 0 Å². The average Bonchev–Trinajstić information content (AvgIpc) is 2.51. The molecule has 0 spiro atoms. The summed E-state index contributed by atoms with van der Waals surface area (Å²) in [7, 11) is 0. The van der Waals surface area contributed by atoms with E-state index in [1.807, 2.05) is 12.1 Å². The second-order valence-corrected chi connectivity index (χ2v) is 7.39. The van der Waals surface area contributed by atoms with E-state index >= 15 is 0 Å². The maximum Gasteiger partial charge on any atom is 0.335 e. The van der Waals surface area contributed by atoms with Crippen LogP contribution in [0.2, 0.25) is 0 Å². The van der Waals surface area contributed by atoms with Gasteiger partial charge in [0.25, 0.3) is 0 Å². The SMILES string of the molecule is CC1(C)C[C@@H](O)[C@H](N)c2cc(Br)ccc21.O.O=C(O)[C@@H](O)[C@H](O)C(=O)O. The molecule has 148 valence electrons. The van der Waals surface area contributed by atoms with Crippen LogP contribution < -0.4 is 5.73 Å². The first-order valence-electron chi connectivity index (χ1n) is 7.43. The van der Waals surface area contributed by atoms with Gasteiger partial charge in [-0.1, -0.05) is 35.8 Å². The number of hydrogen-bond donors (Lipinski definition) is 6. The Morgan fingerprint density at radius 3 is 2.08 bits per heavy atom. The van der Waals surface area contributed by atoms with Crippen LogP contribution in [0.25, 0.3) is 0 Å². The number of rotatable bonds is 3. The third-order valence-corrected chi connectivity index (χ3v) is 4.53. The summed E-state index contributed by atoms with van der Waals surface area (Å²) in [5.41, 5.74) is 8.33. The molecule has 0 amide bonds. The minimum absolute atomic E-state index is 0. The van der Waals surface area contributed by atoms with E-state index in [9.17, 15) is 14.7 Å². The van der Waals surface area contributed by atoms with E-state index in [-0.39, 0.29) is 16.9 Å². The van der Waals surface area contributed by atoms with Crippen LogP contribution in [0, 0.1) is 0 Å². The van der Waals surface area contributed by atoms with Gasteiger partial charge in [-0.3, -0.25) is 0 Å². The molecule has 0 aliphatic heterocycles. The van der Waals surface area contributed by atoms with Gasteiger partial charge in [0.2, 0.25) is 0 Å². The number of aliphatic carboxylic acids is 2. The monoisotopic (exact) mass is 437 g/mol. The van der Waals surface area contributed by atoms with E-state index in [0.29, 0.717) is 0 Å². The van der Waals surface area contributed by atoms with Crippen molar-refractivity contribution in [2.24, 2.45) is 5.73 Å². The number of halogens is 1. The second kappa shape index (κ2) is 9.40. The van der Waals surface area contributed by atoms with Crippen molar-refractivity contribution in [3.05, 3.63) is 33.8 Å². The Bertz CT molecular complexity index is 633. The number of carboxylic acid groups (broad SMARTS) is 2. The lowest BCUT2D eigenvalue weighted by Gasteiger charge is -2.39. The minimum Gasteiger partial charge on any atom is -0.479 e. The summed E-state index contributed by atoms with van der Waals surface area (Å²) in [6.45, 7) is 4.30. The molecular weight excluding hydrogens is 414 g/mol. The molecule has 0 bridgehead atoms. The minimum atomic E-state index is -2.27. The van der Waals surface area contributed by atoms with E-state index in [0.717, 1.165) is 16.5 Å². The summed E-state index contributed by atoms with van der Waals surface area (Å²) in [6, 6.07) is 5.89. The van der Waals surface area contributed by atoms with Crippen molar-refractivity contribution < 1.29 is 40.6 Å². The van der Waals surface area contributed by atoms with Gasteiger partial charge in [0.05, 0.1) is 12.1 Å². The molecule has 9 N–H and O–H groups in total. The Labute approximate surface area is 158 Å². The molecule has 0 unspecified atom stereocenters. The van der Waals surface area contributed by atoms with Crippen LogP contribution in [0.3, 0.4) is 0 Å². The maximum absolute atomic E-state index is 9.91. The fourth-order valence-electron chi connectivity index (χ4n) is 2.66. The Morgan fingerprint density at radius 2 is 1.65 bits per heavy atom. The first kappa shape index (κ1) is 24.4. The zero-order valence-electron chi connectivity index (χ0n) is 14.3. The van der Waals surface area contributed by atoms with Gasteiger partial charge in [-0.2, -0.15) is 0 Å². The molecule has 0 fully saturated rings. The standard InChI is InChI=1S/C12H16BrNO.C4H6O6.H2O/c1-12(2)6-10(15)11(14)8-5-7(13)3-4-9(8)12;5-1(3(7)8)2(6)4(9)10;/h3-5,10-11,15H,6,14H2,1-2H3;1-2,5-6H,(H,7,8)(H,9,10);1H2/t10-,11-;1-,2-;/m10./s1. The van der Waals surface area contributed by atoms with Gasteiger partial charge in [-0.05, 0) is 35.1 Å². The highest BCUT2D eigenvalue weighted by Crippen LogP contribution is 2.41. The van der Waals surface area contributed by atoms with Gasteiger partial charge in [0.1, 0.15) is 0 Å². The fourth-order valence-corrected chi connectivity index (χ4v) is 3.04. The van der Waals surface area contributed by atoms with Crippen LogP contribution in [-0.4, -0.2) is 61.3 Å². The van der Waals surface area contributed by atoms with E-state index < -0.39 is 30.3 Å². The quantitative estimate of drug-likeness (QED) is 0.365. The van der Waals surface area contributed by atoms with Crippen LogP contribution in [0.4, 0.5) is 0 Å². The van der Waals surface area contributed by atoms with Crippen molar-refractivity contribution in [2.45, 2.75) is 50.0 Å². The van der Waals surface area contributed by atoms with Crippen molar-refractivity contribution in [3.63, 3.8) is 0 Å². The molecule has 9 nitrogen and oxygen atoms in total. The van der Waals surface area contributed by atoms with Crippen LogP contribution in [0.1, 0.15) is 37.4 Å². The van der Waals surface area contributed by atoms with E-state index in [2.05, 4.69) is 35.8 Å². The lowest BCUT2D eigenvalue weighted by molar-refractivity contribution is -0.165. The lowest BCUT2D eigenvalue weighted by Crippen LogP contribution is -2.39. The molecule has 1 aromatic carbocycles. The molecule has 0 saturated heterocycles. The average molecular weight is 438 g/mol. The Kier molecular flexibility index (Phi) is 8.83. The molecule has 26 heavy (non-hydrogen) atoms. The number of aliphatic hydroxyl groups is 3. The number of fused-ring (bicyclic) bond motifs is 1. The zero-order chi connectivity index (χ0) is 19.5. The molecule has 1 aromatic rings. The van der Waals surface area contributed by atoms with Gasteiger partial charge in [0.15, 0.2) is 12.2 Å².